The van der Waals surface area contributed by atoms with E-state index < -0.39 is 0 Å². The summed E-state index contributed by atoms with van der Waals surface area (Å²) >= 11 is 5.67. The molecule has 3 nitrogen and oxygen atoms in total. The number of benzene rings is 1. The Balaban J connectivity index is 2.24. The van der Waals surface area contributed by atoms with Crippen LogP contribution < -0.4 is 0 Å². The number of nitrogens with zero attached hydrogens (tertiary/aromatic N) is 3. The van der Waals surface area contributed by atoms with E-state index in [9.17, 15) is 0 Å². The summed E-state index contributed by atoms with van der Waals surface area (Å²) in [5, 5.41) is 8.95. The minimum absolute atomic E-state index is 0.410. The van der Waals surface area contributed by atoms with Gasteiger partial charge in [0, 0.05) is 12.7 Å². The maximum atomic E-state index is 8.95. The van der Waals surface area contributed by atoms with E-state index in [-0.39, 0.29) is 0 Å². The molecule has 0 saturated carbocycles. The highest BCUT2D eigenvalue weighted by atomic mass is 35.5. The zero-order valence-electron chi connectivity index (χ0n) is 8.60. The van der Waals surface area contributed by atoms with Crippen LogP contribution in [0.1, 0.15) is 16.8 Å². The van der Waals surface area contributed by atoms with Crippen LogP contribution >= 0.6 is 11.6 Å². The summed E-state index contributed by atoms with van der Waals surface area (Å²) in [7, 11) is 0. The van der Waals surface area contributed by atoms with Crippen LogP contribution in [0.4, 0.5) is 0 Å². The Labute approximate surface area is 98.9 Å². The highest BCUT2D eigenvalue weighted by Gasteiger charge is 2.02. The molecule has 0 spiro atoms. The average Bonchev–Trinajstić information content (AvgIpc) is 2.77. The highest BCUT2D eigenvalue weighted by molar-refractivity contribution is 6.16. The van der Waals surface area contributed by atoms with Gasteiger partial charge < -0.3 is 4.57 Å². The minimum Gasteiger partial charge on any atom is -0.333 e. The molecule has 0 amide bonds. The molecule has 0 saturated heterocycles. The SMILES string of the molecule is N#Cc1ccccc1Cn1cnc(CCl)c1. The molecule has 4 heteroatoms. The molecule has 0 bridgehead atoms. The molecule has 0 aliphatic heterocycles. The van der Waals surface area contributed by atoms with Gasteiger partial charge in [-0.3, -0.25) is 0 Å². The van der Waals surface area contributed by atoms with E-state index in [1.54, 1.807) is 6.33 Å². The van der Waals surface area contributed by atoms with Crippen molar-refractivity contribution in [1.82, 2.24) is 9.55 Å². The molecule has 1 heterocycles. The van der Waals surface area contributed by atoms with Crippen molar-refractivity contribution in [3.63, 3.8) is 0 Å². The monoisotopic (exact) mass is 231 g/mol. The summed E-state index contributed by atoms with van der Waals surface area (Å²) in [6.07, 6.45) is 3.62. The van der Waals surface area contributed by atoms with Crippen molar-refractivity contribution in [2.24, 2.45) is 0 Å². The molecular formula is C12H10ClN3. The quantitative estimate of drug-likeness (QED) is 0.762. The van der Waals surface area contributed by atoms with E-state index >= 15 is 0 Å². The van der Waals surface area contributed by atoms with Gasteiger partial charge in [0.25, 0.3) is 0 Å². The van der Waals surface area contributed by atoms with Crippen LogP contribution in [0.2, 0.25) is 0 Å². The molecule has 80 valence electrons. The number of halogens is 1. The molecule has 2 aromatic rings. The molecule has 16 heavy (non-hydrogen) atoms. The van der Waals surface area contributed by atoms with E-state index in [4.69, 9.17) is 16.9 Å². The molecule has 0 N–H and O–H groups in total. The second-order valence-corrected chi connectivity index (χ2v) is 3.71. The number of imidazole rings is 1. The van der Waals surface area contributed by atoms with Crippen LogP contribution in [0, 0.1) is 11.3 Å². The van der Waals surface area contributed by atoms with Crippen LogP contribution in [0.15, 0.2) is 36.8 Å². The topological polar surface area (TPSA) is 41.6 Å². The van der Waals surface area contributed by atoms with Crippen molar-refractivity contribution in [2.45, 2.75) is 12.4 Å². The Hall–Kier alpha value is -1.79. The summed E-state index contributed by atoms with van der Waals surface area (Å²) in [4.78, 5) is 4.13. The van der Waals surface area contributed by atoms with Crippen LogP contribution in [0.3, 0.4) is 0 Å². The first-order chi connectivity index (χ1) is 7.83. The van der Waals surface area contributed by atoms with Gasteiger partial charge in [-0.2, -0.15) is 5.26 Å². The van der Waals surface area contributed by atoms with Crippen molar-refractivity contribution < 1.29 is 0 Å². The van der Waals surface area contributed by atoms with Crippen LogP contribution in [0.5, 0.6) is 0 Å². The first-order valence-electron chi connectivity index (χ1n) is 4.88. The summed E-state index contributed by atoms with van der Waals surface area (Å²) in [6, 6.07) is 9.72. The molecule has 0 aliphatic rings. The normalized spacial score (nSPS) is 10.0. The van der Waals surface area contributed by atoms with Crippen molar-refractivity contribution in [1.29, 1.82) is 5.26 Å². The zero-order chi connectivity index (χ0) is 11.4. The van der Waals surface area contributed by atoms with Gasteiger partial charge in [0.05, 0.1) is 29.5 Å². The van der Waals surface area contributed by atoms with Crippen LogP contribution in [0.25, 0.3) is 0 Å². The third kappa shape index (κ3) is 2.23. The van der Waals surface area contributed by atoms with Gasteiger partial charge in [0.1, 0.15) is 0 Å². The average molecular weight is 232 g/mol. The predicted molar refractivity (Wildman–Crippen MR) is 62.0 cm³/mol. The lowest BCUT2D eigenvalue weighted by Gasteiger charge is -2.03. The Morgan fingerprint density at radius 2 is 2.19 bits per heavy atom. The van der Waals surface area contributed by atoms with E-state index in [0.29, 0.717) is 18.0 Å². The molecular weight excluding hydrogens is 222 g/mol. The van der Waals surface area contributed by atoms with Gasteiger partial charge in [-0.25, -0.2) is 4.98 Å². The third-order valence-corrected chi connectivity index (χ3v) is 2.59. The van der Waals surface area contributed by atoms with Crippen molar-refractivity contribution >= 4 is 11.6 Å². The predicted octanol–water partition coefficient (Wildman–Crippen LogP) is 2.54. The number of nitriles is 1. The Morgan fingerprint density at radius 3 is 2.88 bits per heavy atom. The highest BCUT2D eigenvalue weighted by Crippen LogP contribution is 2.10. The zero-order valence-corrected chi connectivity index (χ0v) is 9.35. The molecule has 1 aromatic heterocycles. The molecule has 2 rings (SSSR count). The smallest absolute Gasteiger partial charge is 0.0995 e. The maximum Gasteiger partial charge on any atom is 0.0995 e. The van der Waals surface area contributed by atoms with Crippen LogP contribution in [-0.2, 0) is 12.4 Å². The number of aromatic nitrogens is 2. The number of hydrogen-bond acceptors (Lipinski definition) is 2. The van der Waals surface area contributed by atoms with Crippen molar-refractivity contribution in [3.05, 3.63) is 53.6 Å². The van der Waals surface area contributed by atoms with Gasteiger partial charge >= 0.3 is 0 Å². The van der Waals surface area contributed by atoms with E-state index in [1.165, 1.54) is 0 Å². The van der Waals surface area contributed by atoms with Gasteiger partial charge in [0.15, 0.2) is 0 Å². The molecule has 0 radical (unpaired) electrons. The molecule has 0 fully saturated rings. The number of alkyl halides is 1. The standard InChI is InChI=1S/C12H10ClN3/c13-5-12-8-16(9-15-12)7-11-4-2-1-3-10(11)6-14/h1-4,8-9H,5,7H2. The second-order valence-electron chi connectivity index (χ2n) is 3.44. The Bertz CT molecular complexity index is 525. The maximum absolute atomic E-state index is 8.95. The fraction of sp³-hybridized carbons (Fsp3) is 0.167. The molecule has 1 aromatic carbocycles. The van der Waals surface area contributed by atoms with Crippen molar-refractivity contribution in [3.8, 4) is 6.07 Å². The lowest BCUT2D eigenvalue weighted by molar-refractivity contribution is 0.795. The third-order valence-electron chi connectivity index (χ3n) is 2.31. The van der Waals surface area contributed by atoms with Gasteiger partial charge in [-0.05, 0) is 11.6 Å². The number of hydrogen-bond donors (Lipinski definition) is 0. The fourth-order valence-corrected chi connectivity index (χ4v) is 1.66. The lowest BCUT2D eigenvalue weighted by atomic mass is 10.1. The minimum atomic E-state index is 0.410. The summed E-state index contributed by atoms with van der Waals surface area (Å²) in [6.45, 7) is 0.646. The second kappa shape index (κ2) is 4.82. The molecule has 0 aliphatic carbocycles. The van der Waals surface area contributed by atoms with Gasteiger partial charge in [0.2, 0.25) is 0 Å². The number of rotatable bonds is 3. The molecule has 0 unspecified atom stereocenters. The van der Waals surface area contributed by atoms with Gasteiger partial charge in [-0.1, -0.05) is 18.2 Å². The van der Waals surface area contributed by atoms with Crippen molar-refractivity contribution in [2.75, 3.05) is 0 Å². The summed E-state index contributed by atoms with van der Waals surface area (Å²) in [5.74, 6) is 0.410. The largest absolute Gasteiger partial charge is 0.333 e. The van der Waals surface area contributed by atoms with E-state index in [2.05, 4.69) is 11.1 Å². The van der Waals surface area contributed by atoms with Gasteiger partial charge in [-0.15, -0.1) is 11.6 Å². The van der Waals surface area contributed by atoms with E-state index in [0.717, 1.165) is 11.3 Å². The summed E-state index contributed by atoms with van der Waals surface area (Å²) in [5.41, 5.74) is 2.53. The van der Waals surface area contributed by atoms with Crippen LogP contribution in [-0.4, -0.2) is 9.55 Å². The van der Waals surface area contributed by atoms with E-state index in [1.807, 2.05) is 35.0 Å². The Kier molecular flexibility index (Phi) is 3.23. The first-order valence-corrected chi connectivity index (χ1v) is 5.41. The summed E-state index contributed by atoms with van der Waals surface area (Å²) < 4.78 is 1.92. The first kappa shape index (κ1) is 10.7. The fourth-order valence-electron chi connectivity index (χ4n) is 1.53. The molecule has 0 atom stereocenters. The Morgan fingerprint density at radius 1 is 1.38 bits per heavy atom. The lowest BCUT2D eigenvalue weighted by Crippen LogP contribution is -1.98.